The summed E-state index contributed by atoms with van der Waals surface area (Å²) in [6.07, 6.45) is 0.0612. The first-order valence-corrected chi connectivity index (χ1v) is 7.40. The molecule has 0 saturated carbocycles. The number of esters is 1. The molecule has 1 aliphatic rings. The Morgan fingerprint density at radius 1 is 1.45 bits per heavy atom. The Kier molecular flexibility index (Phi) is 7.65. The molecular formula is C15H20Cl2N2O3. The van der Waals surface area contributed by atoms with Crippen molar-refractivity contribution in [1.29, 1.82) is 0 Å². The Labute approximate surface area is 141 Å². The molecule has 1 N–H and O–H groups in total. The van der Waals surface area contributed by atoms with E-state index in [1.807, 2.05) is 18.2 Å². The second-order valence-electron chi connectivity index (χ2n) is 4.87. The summed E-state index contributed by atoms with van der Waals surface area (Å²) in [5, 5.41) is 3.71. The molecule has 0 aromatic heterocycles. The van der Waals surface area contributed by atoms with Crippen LogP contribution in [0, 0.1) is 0 Å². The molecule has 1 saturated heterocycles. The molecule has 1 aliphatic heterocycles. The van der Waals surface area contributed by atoms with Crippen molar-refractivity contribution in [2.45, 2.75) is 25.9 Å². The molecule has 22 heavy (non-hydrogen) atoms. The lowest BCUT2D eigenvalue weighted by Gasteiger charge is -2.33. The first-order valence-electron chi connectivity index (χ1n) is 7.03. The first kappa shape index (κ1) is 18.7. The van der Waals surface area contributed by atoms with E-state index in [0.717, 1.165) is 5.56 Å². The van der Waals surface area contributed by atoms with Crippen LogP contribution in [0.2, 0.25) is 5.02 Å². The van der Waals surface area contributed by atoms with Gasteiger partial charge in [0, 0.05) is 24.7 Å². The Morgan fingerprint density at radius 3 is 2.86 bits per heavy atom. The van der Waals surface area contributed by atoms with Crippen LogP contribution in [0.1, 0.15) is 18.9 Å². The molecule has 1 fully saturated rings. The van der Waals surface area contributed by atoms with Crippen molar-refractivity contribution >= 4 is 35.9 Å². The molecule has 0 aliphatic carbocycles. The van der Waals surface area contributed by atoms with Gasteiger partial charge >= 0.3 is 5.97 Å². The lowest BCUT2D eigenvalue weighted by atomic mass is 10.1. The number of carbonyl (C=O) groups is 2. The van der Waals surface area contributed by atoms with Gasteiger partial charge in [0.15, 0.2) is 0 Å². The molecule has 7 heteroatoms. The van der Waals surface area contributed by atoms with E-state index in [1.54, 1.807) is 17.9 Å². The summed E-state index contributed by atoms with van der Waals surface area (Å²) in [5.41, 5.74) is 0.907. The van der Waals surface area contributed by atoms with Crippen LogP contribution < -0.4 is 5.32 Å². The van der Waals surface area contributed by atoms with E-state index in [9.17, 15) is 9.59 Å². The van der Waals surface area contributed by atoms with E-state index in [-0.39, 0.29) is 30.7 Å². The largest absolute Gasteiger partial charge is 0.466 e. The van der Waals surface area contributed by atoms with Crippen LogP contribution in [0.15, 0.2) is 24.3 Å². The Bertz CT molecular complexity index is 525. The zero-order chi connectivity index (χ0) is 15.2. The maximum atomic E-state index is 12.4. The van der Waals surface area contributed by atoms with Crippen molar-refractivity contribution in [3.8, 4) is 0 Å². The minimum absolute atomic E-state index is 0. The highest BCUT2D eigenvalue weighted by molar-refractivity contribution is 6.31. The normalized spacial score (nSPS) is 17.8. The van der Waals surface area contributed by atoms with Gasteiger partial charge in [-0.2, -0.15) is 0 Å². The third kappa shape index (κ3) is 4.87. The van der Waals surface area contributed by atoms with E-state index < -0.39 is 6.04 Å². The van der Waals surface area contributed by atoms with Crippen molar-refractivity contribution in [1.82, 2.24) is 10.2 Å². The number of benzene rings is 1. The number of rotatable bonds is 5. The van der Waals surface area contributed by atoms with Gasteiger partial charge < -0.3 is 15.0 Å². The van der Waals surface area contributed by atoms with E-state index in [4.69, 9.17) is 16.3 Å². The highest BCUT2D eigenvalue weighted by atomic mass is 35.5. The van der Waals surface area contributed by atoms with E-state index in [2.05, 4.69) is 5.32 Å². The van der Waals surface area contributed by atoms with Crippen LogP contribution >= 0.6 is 24.0 Å². The molecule has 1 heterocycles. The average Bonchev–Trinajstić information content (AvgIpc) is 2.46. The highest BCUT2D eigenvalue weighted by Gasteiger charge is 2.30. The van der Waals surface area contributed by atoms with Crippen molar-refractivity contribution in [3.63, 3.8) is 0 Å². The molecule has 1 unspecified atom stereocenters. The van der Waals surface area contributed by atoms with Crippen LogP contribution in [0.25, 0.3) is 0 Å². The average molecular weight is 347 g/mol. The summed E-state index contributed by atoms with van der Waals surface area (Å²) < 4.78 is 4.89. The van der Waals surface area contributed by atoms with Crippen LogP contribution in [0.4, 0.5) is 0 Å². The zero-order valence-corrected chi connectivity index (χ0v) is 14.0. The quantitative estimate of drug-likeness (QED) is 0.828. The number of hydrogen-bond donors (Lipinski definition) is 1. The highest BCUT2D eigenvalue weighted by Crippen LogP contribution is 2.18. The number of nitrogens with one attached hydrogen (secondary N) is 1. The predicted molar refractivity (Wildman–Crippen MR) is 87.2 cm³/mol. The summed E-state index contributed by atoms with van der Waals surface area (Å²) in [6, 6.07) is 6.94. The van der Waals surface area contributed by atoms with Gasteiger partial charge in [-0.3, -0.25) is 9.59 Å². The van der Waals surface area contributed by atoms with Gasteiger partial charge in [0.05, 0.1) is 19.1 Å². The standard InChI is InChI=1S/C15H19ClN2O3.ClH/c1-2-21-14(19)9-13-15(20)18(8-7-17-13)10-11-5-3-4-6-12(11)16;/h3-6,13,17H,2,7-10H2,1H3;1H. The molecule has 5 nitrogen and oxygen atoms in total. The lowest BCUT2D eigenvalue weighted by molar-refractivity contribution is -0.148. The lowest BCUT2D eigenvalue weighted by Crippen LogP contribution is -2.55. The second-order valence-corrected chi connectivity index (χ2v) is 5.27. The molecule has 2 rings (SSSR count). The van der Waals surface area contributed by atoms with Gasteiger partial charge in [-0.15, -0.1) is 12.4 Å². The van der Waals surface area contributed by atoms with Gasteiger partial charge in [-0.25, -0.2) is 0 Å². The molecule has 1 aromatic rings. The number of ether oxygens (including phenoxy) is 1. The molecule has 1 atom stereocenters. The van der Waals surface area contributed by atoms with Crippen LogP contribution in [0.5, 0.6) is 0 Å². The topological polar surface area (TPSA) is 58.6 Å². The second kappa shape index (κ2) is 8.98. The van der Waals surface area contributed by atoms with Gasteiger partial charge in [-0.1, -0.05) is 29.8 Å². The van der Waals surface area contributed by atoms with E-state index in [0.29, 0.717) is 31.3 Å². The van der Waals surface area contributed by atoms with Gasteiger partial charge in [0.25, 0.3) is 0 Å². The third-order valence-corrected chi connectivity index (χ3v) is 3.75. The van der Waals surface area contributed by atoms with Crippen LogP contribution in [-0.4, -0.2) is 42.5 Å². The fourth-order valence-corrected chi connectivity index (χ4v) is 2.52. The zero-order valence-electron chi connectivity index (χ0n) is 12.4. The molecular weight excluding hydrogens is 327 g/mol. The molecule has 122 valence electrons. The fraction of sp³-hybridized carbons (Fsp3) is 0.467. The van der Waals surface area contributed by atoms with Gasteiger partial charge in [0.2, 0.25) is 5.91 Å². The maximum Gasteiger partial charge on any atom is 0.307 e. The Balaban J connectivity index is 0.00000242. The number of hydrogen-bond acceptors (Lipinski definition) is 4. The summed E-state index contributed by atoms with van der Waals surface area (Å²) in [5.74, 6) is -0.447. The summed E-state index contributed by atoms with van der Waals surface area (Å²) in [7, 11) is 0. The first-order chi connectivity index (χ1) is 10.1. The third-order valence-electron chi connectivity index (χ3n) is 3.38. The number of carbonyl (C=O) groups excluding carboxylic acids is 2. The van der Waals surface area contributed by atoms with Crippen molar-refractivity contribution in [3.05, 3.63) is 34.9 Å². The Morgan fingerprint density at radius 2 is 2.18 bits per heavy atom. The summed E-state index contributed by atoms with van der Waals surface area (Å²) in [6.45, 7) is 3.78. The van der Waals surface area contributed by atoms with Gasteiger partial charge in [-0.05, 0) is 18.6 Å². The number of halogens is 2. The fourth-order valence-electron chi connectivity index (χ4n) is 2.33. The molecule has 0 spiro atoms. The molecule has 1 amide bonds. The minimum Gasteiger partial charge on any atom is -0.466 e. The van der Waals surface area contributed by atoms with E-state index >= 15 is 0 Å². The smallest absolute Gasteiger partial charge is 0.307 e. The number of amides is 1. The van der Waals surface area contributed by atoms with Crippen molar-refractivity contribution < 1.29 is 14.3 Å². The van der Waals surface area contributed by atoms with E-state index in [1.165, 1.54) is 0 Å². The monoisotopic (exact) mass is 346 g/mol. The van der Waals surface area contributed by atoms with Crippen molar-refractivity contribution in [2.24, 2.45) is 0 Å². The SMILES string of the molecule is CCOC(=O)CC1NCCN(Cc2ccccc2Cl)C1=O.Cl. The maximum absolute atomic E-state index is 12.4. The van der Waals surface area contributed by atoms with Crippen LogP contribution in [-0.2, 0) is 20.9 Å². The molecule has 0 bridgehead atoms. The van der Waals surface area contributed by atoms with Crippen molar-refractivity contribution in [2.75, 3.05) is 19.7 Å². The van der Waals surface area contributed by atoms with Gasteiger partial charge in [0.1, 0.15) is 0 Å². The number of piperazine rings is 1. The summed E-state index contributed by atoms with van der Waals surface area (Å²) >= 11 is 6.13. The Hall–Kier alpha value is -1.30. The van der Waals surface area contributed by atoms with Crippen LogP contribution in [0.3, 0.4) is 0 Å². The molecule has 0 radical (unpaired) electrons. The molecule has 1 aromatic carbocycles. The minimum atomic E-state index is -0.514. The predicted octanol–water partition coefficient (Wildman–Crippen LogP) is 2.02. The summed E-state index contributed by atoms with van der Waals surface area (Å²) in [4.78, 5) is 25.6. The number of nitrogens with zero attached hydrogens (tertiary/aromatic N) is 1.